The van der Waals surface area contributed by atoms with Crippen molar-refractivity contribution in [3.63, 3.8) is 0 Å². The second kappa shape index (κ2) is 3.25. The van der Waals surface area contributed by atoms with E-state index in [4.69, 9.17) is 0 Å². The van der Waals surface area contributed by atoms with Crippen molar-refractivity contribution in [1.82, 2.24) is 0 Å². The molecule has 0 heterocycles. The van der Waals surface area contributed by atoms with Crippen LogP contribution in [0.25, 0.3) is 0 Å². The smallest absolute Gasteiger partial charge is 0.309 e. The molecular weight excluding hydrogens is 176 g/mol. The Morgan fingerprint density at radius 3 is 2.07 bits per heavy atom. The largest absolute Gasteiger partial charge is 0.481 e. The second-order valence-corrected chi connectivity index (χ2v) is 5.63. The number of rotatable bonds is 3. The van der Waals surface area contributed by atoms with Crippen LogP contribution in [0, 0.1) is 10.8 Å². The number of carbonyl (C=O) groups is 1. The summed E-state index contributed by atoms with van der Waals surface area (Å²) in [6, 6.07) is 0. The molecular formula is C12H20O2. The first-order valence-electron chi connectivity index (χ1n) is 5.80. The summed E-state index contributed by atoms with van der Waals surface area (Å²) in [5.74, 6) is -0.545. The van der Waals surface area contributed by atoms with Crippen LogP contribution < -0.4 is 0 Å². The summed E-state index contributed by atoms with van der Waals surface area (Å²) in [6.45, 7) is 2.28. The van der Waals surface area contributed by atoms with E-state index in [1.54, 1.807) is 0 Å². The van der Waals surface area contributed by atoms with E-state index in [0.717, 1.165) is 25.7 Å². The molecule has 0 amide bonds. The van der Waals surface area contributed by atoms with Crippen molar-refractivity contribution in [2.24, 2.45) is 10.8 Å². The predicted molar refractivity (Wildman–Crippen MR) is 55.1 cm³/mol. The molecule has 2 fully saturated rings. The Hall–Kier alpha value is -0.530. The van der Waals surface area contributed by atoms with Gasteiger partial charge in [0, 0.05) is 0 Å². The Labute approximate surface area is 85.7 Å². The van der Waals surface area contributed by atoms with Gasteiger partial charge in [-0.2, -0.15) is 0 Å². The molecule has 0 aromatic carbocycles. The summed E-state index contributed by atoms with van der Waals surface area (Å²) in [7, 11) is 0. The van der Waals surface area contributed by atoms with E-state index in [1.165, 1.54) is 25.7 Å². The van der Waals surface area contributed by atoms with Crippen LogP contribution in [0.1, 0.15) is 58.3 Å². The molecule has 2 aliphatic carbocycles. The quantitative estimate of drug-likeness (QED) is 0.752. The van der Waals surface area contributed by atoms with E-state index in [2.05, 4.69) is 6.92 Å². The molecule has 2 nitrogen and oxygen atoms in total. The minimum atomic E-state index is -0.545. The lowest BCUT2D eigenvalue weighted by molar-refractivity contribution is -0.157. The number of hydrogen-bond acceptors (Lipinski definition) is 1. The van der Waals surface area contributed by atoms with Crippen LogP contribution >= 0.6 is 0 Å². The van der Waals surface area contributed by atoms with Crippen molar-refractivity contribution >= 4 is 5.97 Å². The van der Waals surface area contributed by atoms with Crippen LogP contribution in [-0.4, -0.2) is 11.1 Å². The monoisotopic (exact) mass is 196 g/mol. The summed E-state index contributed by atoms with van der Waals surface area (Å²) in [6.07, 6.45) is 8.94. The maximum Gasteiger partial charge on any atom is 0.309 e. The van der Waals surface area contributed by atoms with E-state index in [-0.39, 0.29) is 5.41 Å². The summed E-state index contributed by atoms with van der Waals surface area (Å²) in [5.41, 5.74) is -0.00208. The van der Waals surface area contributed by atoms with E-state index in [1.807, 2.05) is 0 Å². The molecule has 2 heteroatoms. The summed E-state index contributed by atoms with van der Waals surface area (Å²) >= 11 is 0. The third-order valence-electron chi connectivity index (χ3n) is 4.34. The van der Waals surface area contributed by atoms with Crippen molar-refractivity contribution < 1.29 is 9.90 Å². The highest BCUT2D eigenvalue weighted by Crippen LogP contribution is 2.53. The van der Waals surface area contributed by atoms with Crippen LogP contribution in [0.15, 0.2) is 0 Å². The fraction of sp³-hybridized carbons (Fsp3) is 0.917. The predicted octanol–water partition coefficient (Wildman–Crippen LogP) is 3.21. The van der Waals surface area contributed by atoms with Gasteiger partial charge in [0.1, 0.15) is 0 Å². The maximum absolute atomic E-state index is 11.2. The molecule has 2 saturated carbocycles. The van der Waals surface area contributed by atoms with Gasteiger partial charge < -0.3 is 5.11 Å². The van der Waals surface area contributed by atoms with E-state index in [9.17, 15) is 9.90 Å². The van der Waals surface area contributed by atoms with Gasteiger partial charge in [0.15, 0.2) is 0 Å². The van der Waals surface area contributed by atoms with E-state index in [0.29, 0.717) is 5.41 Å². The van der Waals surface area contributed by atoms with Gasteiger partial charge >= 0.3 is 5.97 Å². The molecule has 0 spiro atoms. The fourth-order valence-electron chi connectivity index (χ4n) is 3.29. The Kier molecular flexibility index (Phi) is 2.32. The van der Waals surface area contributed by atoms with E-state index >= 15 is 0 Å². The molecule has 1 N–H and O–H groups in total. The van der Waals surface area contributed by atoms with Gasteiger partial charge in [-0.05, 0) is 37.5 Å². The third kappa shape index (κ3) is 1.55. The molecule has 14 heavy (non-hydrogen) atoms. The van der Waals surface area contributed by atoms with Crippen LogP contribution in [0.3, 0.4) is 0 Å². The van der Waals surface area contributed by atoms with Crippen LogP contribution in [-0.2, 0) is 4.79 Å². The Balaban J connectivity index is 2.04. The normalized spacial score (nSPS) is 28.4. The minimum Gasteiger partial charge on any atom is -0.481 e. The molecule has 0 aromatic rings. The SMILES string of the molecule is CC1(CC2(C(=O)O)CCC2)CCCC1. The zero-order chi connectivity index (χ0) is 10.2. The van der Waals surface area contributed by atoms with Crippen molar-refractivity contribution in [3.8, 4) is 0 Å². The number of carboxylic acid groups (broad SMARTS) is 1. The van der Waals surface area contributed by atoms with Gasteiger partial charge in [-0.25, -0.2) is 0 Å². The molecule has 0 aliphatic heterocycles. The minimum absolute atomic E-state index is 0.332. The lowest BCUT2D eigenvalue weighted by Crippen LogP contribution is -2.41. The standard InChI is InChI=1S/C12H20O2/c1-11(5-2-3-6-11)9-12(10(13)14)7-4-8-12/h2-9H2,1H3,(H,13,14). The van der Waals surface area contributed by atoms with Gasteiger partial charge in [-0.1, -0.05) is 26.2 Å². The highest BCUT2D eigenvalue weighted by Gasteiger charge is 2.49. The van der Waals surface area contributed by atoms with Gasteiger partial charge in [-0.15, -0.1) is 0 Å². The van der Waals surface area contributed by atoms with Gasteiger partial charge in [0.05, 0.1) is 5.41 Å². The fourth-order valence-corrected chi connectivity index (χ4v) is 3.29. The molecule has 80 valence electrons. The van der Waals surface area contributed by atoms with Crippen LogP contribution in [0.5, 0.6) is 0 Å². The lowest BCUT2D eigenvalue weighted by atomic mass is 9.60. The molecule has 0 atom stereocenters. The average molecular weight is 196 g/mol. The molecule has 0 radical (unpaired) electrons. The summed E-state index contributed by atoms with van der Waals surface area (Å²) < 4.78 is 0. The Bertz CT molecular complexity index is 235. The van der Waals surface area contributed by atoms with E-state index < -0.39 is 5.97 Å². The second-order valence-electron chi connectivity index (χ2n) is 5.63. The topological polar surface area (TPSA) is 37.3 Å². The molecule has 0 aromatic heterocycles. The first-order chi connectivity index (χ1) is 6.56. The van der Waals surface area contributed by atoms with Crippen molar-refractivity contribution in [2.45, 2.75) is 58.3 Å². The van der Waals surface area contributed by atoms with Crippen LogP contribution in [0.2, 0.25) is 0 Å². The lowest BCUT2D eigenvalue weighted by Gasteiger charge is -2.43. The van der Waals surface area contributed by atoms with Gasteiger partial charge in [0.2, 0.25) is 0 Å². The Morgan fingerprint density at radius 1 is 1.14 bits per heavy atom. The van der Waals surface area contributed by atoms with Crippen molar-refractivity contribution in [3.05, 3.63) is 0 Å². The zero-order valence-corrected chi connectivity index (χ0v) is 9.01. The van der Waals surface area contributed by atoms with Crippen molar-refractivity contribution in [2.75, 3.05) is 0 Å². The first kappa shape index (κ1) is 10.0. The van der Waals surface area contributed by atoms with Crippen LogP contribution in [0.4, 0.5) is 0 Å². The first-order valence-corrected chi connectivity index (χ1v) is 5.80. The molecule has 0 saturated heterocycles. The average Bonchev–Trinajstić information content (AvgIpc) is 2.45. The third-order valence-corrected chi connectivity index (χ3v) is 4.34. The molecule has 2 rings (SSSR count). The Morgan fingerprint density at radius 2 is 1.71 bits per heavy atom. The number of carboxylic acids is 1. The number of aliphatic carboxylic acids is 1. The summed E-state index contributed by atoms with van der Waals surface area (Å²) in [4.78, 5) is 11.2. The molecule has 0 unspecified atom stereocenters. The molecule has 0 bridgehead atoms. The molecule has 2 aliphatic rings. The van der Waals surface area contributed by atoms with Gasteiger partial charge in [0.25, 0.3) is 0 Å². The highest BCUT2D eigenvalue weighted by atomic mass is 16.4. The van der Waals surface area contributed by atoms with Gasteiger partial charge in [-0.3, -0.25) is 4.79 Å². The van der Waals surface area contributed by atoms with Crippen molar-refractivity contribution in [1.29, 1.82) is 0 Å². The maximum atomic E-state index is 11.2. The highest BCUT2D eigenvalue weighted by molar-refractivity contribution is 5.75. The summed E-state index contributed by atoms with van der Waals surface area (Å²) in [5, 5.41) is 9.26. The number of hydrogen-bond donors (Lipinski definition) is 1. The zero-order valence-electron chi connectivity index (χ0n) is 9.01.